The van der Waals surface area contributed by atoms with Gasteiger partial charge in [-0.05, 0) is 31.2 Å². The number of carbonyl (C=O) groups excluding carboxylic acids is 2. The second kappa shape index (κ2) is 8.40. The van der Waals surface area contributed by atoms with Crippen molar-refractivity contribution in [2.24, 2.45) is 5.92 Å². The number of nitrogens with zero attached hydrogens (tertiary/aromatic N) is 4. The van der Waals surface area contributed by atoms with Crippen LogP contribution >= 0.6 is 0 Å². The molecule has 0 saturated carbocycles. The molecule has 1 amide bonds. The number of para-hydroxylation sites is 1. The summed E-state index contributed by atoms with van der Waals surface area (Å²) in [6, 6.07) is 16.3. The number of carbonyl (C=O) groups is 2. The molecule has 1 fully saturated rings. The maximum absolute atomic E-state index is 12.7. The summed E-state index contributed by atoms with van der Waals surface area (Å²) < 4.78 is 6.61. The van der Waals surface area contributed by atoms with E-state index in [2.05, 4.69) is 4.98 Å². The highest BCUT2D eigenvalue weighted by molar-refractivity contribution is 5.99. The molecular formula is C23H20N4O4. The molecule has 1 aliphatic rings. The van der Waals surface area contributed by atoms with Crippen LogP contribution in [0.3, 0.4) is 0 Å². The van der Waals surface area contributed by atoms with Crippen molar-refractivity contribution in [2.45, 2.75) is 26.5 Å². The predicted octanol–water partition coefficient (Wildman–Crippen LogP) is 2.32. The van der Waals surface area contributed by atoms with E-state index in [0.717, 1.165) is 11.3 Å². The minimum Gasteiger partial charge on any atom is -0.457 e. The number of nitriles is 1. The number of aryl methyl sites for hydroxylation is 1. The lowest BCUT2D eigenvalue weighted by molar-refractivity contribution is -0.150. The van der Waals surface area contributed by atoms with Gasteiger partial charge < -0.3 is 9.64 Å². The monoisotopic (exact) mass is 416 g/mol. The van der Waals surface area contributed by atoms with Crippen LogP contribution in [0.15, 0.2) is 53.3 Å². The number of fused-ring (bicyclic) bond motifs is 1. The lowest BCUT2D eigenvalue weighted by atomic mass is 10.1. The Bertz CT molecular complexity index is 1260. The average Bonchev–Trinajstić information content (AvgIpc) is 3.16. The molecule has 1 aromatic heterocycles. The smallest absolute Gasteiger partial charge is 0.311 e. The highest BCUT2D eigenvalue weighted by atomic mass is 16.5. The lowest BCUT2D eigenvalue weighted by Gasteiger charge is -2.17. The Labute approximate surface area is 178 Å². The molecule has 1 aliphatic heterocycles. The van der Waals surface area contributed by atoms with Crippen molar-refractivity contribution in [3.63, 3.8) is 0 Å². The first-order valence-electron chi connectivity index (χ1n) is 9.87. The van der Waals surface area contributed by atoms with Crippen LogP contribution in [0.25, 0.3) is 10.9 Å². The third kappa shape index (κ3) is 4.03. The Balaban J connectivity index is 1.50. The van der Waals surface area contributed by atoms with Gasteiger partial charge in [0.05, 0.1) is 22.9 Å². The zero-order valence-electron chi connectivity index (χ0n) is 16.9. The molecule has 4 rings (SSSR count). The van der Waals surface area contributed by atoms with Crippen molar-refractivity contribution in [1.29, 1.82) is 5.26 Å². The maximum atomic E-state index is 12.7. The number of anilines is 1. The summed E-state index contributed by atoms with van der Waals surface area (Å²) in [7, 11) is 0. The minimum absolute atomic E-state index is 0.0584. The van der Waals surface area contributed by atoms with E-state index < -0.39 is 11.9 Å². The number of esters is 1. The fraction of sp³-hybridized carbons (Fsp3) is 0.261. The van der Waals surface area contributed by atoms with Crippen LogP contribution in [0, 0.1) is 24.2 Å². The molecule has 1 saturated heterocycles. The topological polar surface area (TPSA) is 105 Å². The summed E-state index contributed by atoms with van der Waals surface area (Å²) in [5, 5.41) is 9.48. The summed E-state index contributed by atoms with van der Waals surface area (Å²) in [5.74, 6) is -1.09. The zero-order valence-corrected chi connectivity index (χ0v) is 16.9. The van der Waals surface area contributed by atoms with Crippen LogP contribution in [-0.4, -0.2) is 28.0 Å². The Hall–Kier alpha value is -3.99. The van der Waals surface area contributed by atoms with Crippen molar-refractivity contribution in [3.05, 3.63) is 70.3 Å². The van der Waals surface area contributed by atoms with E-state index in [9.17, 15) is 14.4 Å². The Kier molecular flexibility index (Phi) is 5.50. The summed E-state index contributed by atoms with van der Waals surface area (Å²) in [6.07, 6.45) is 0.0584. The molecule has 0 radical (unpaired) electrons. The van der Waals surface area contributed by atoms with Crippen molar-refractivity contribution in [3.8, 4) is 6.07 Å². The predicted molar refractivity (Wildman–Crippen MR) is 113 cm³/mol. The van der Waals surface area contributed by atoms with Gasteiger partial charge in [-0.2, -0.15) is 5.26 Å². The summed E-state index contributed by atoms with van der Waals surface area (Å²) >= 11 is 0. The summed E-state index contributed by atoms with van der Waals surface area (Å²) in [4.78, 5) is 43.7. The molecule has 0 spiro atoms. The van der Waals surface area contributed by atoms with Gasteiger partial charge in [0.2, 0.25) is 5.91 Å². The lowest BCUT2D eigenvalue weighted by Crippen LogP contribution is -2.28. The fourth-order valence-corrected chi connectivity index (χ4v) is 3.65. The number of aromatic nitrogens is 2. The molecular weight excluding hydrogens is 396 g/mol. The number of rotatable bonds is 5. The summed E-state index contributed by atoms with van der Waals surface area (Å²) in [5.41, 5.74) is 1.93. The van der Waals surface area contributed by atoms with Crippen molar-refractivity contribution in [2.75, 3.05) is 11.4 Å². The molecule has 0 aliphatic carbocycles. The van der Waals surface area contributed by atoms with Crippen LogP contribution in [0.2, 0.25) is 0 Å². The van der Waals surface area contributed by atoms with Gasteiger partial charge in [0.15, 0.2) is 5.82 Å². The standard InChI is InChI=1S/C23H20N4O4/c1-15-6-8-17(9-7-15)27-13-16(12-21(27)28)23(30)31-14-20-25-19-5-3-2-4-18(19)22(29)26(20)11-10-24/h2-9,16H,11-14H2,1H3/t16-/m1/s1. The van der Waals surface area contributed by atoms with Crippen LogP contribution in [0.4, 0.5) is 5.69 Å². The van der Waals surface area contributed by atoms with E-state index >= 15 is 0 Å². The molecule has 0 bridgehead atoms. The molecule has 0 unspecified atom stereocenters. The molecule has 1 atom stereocenters. The first-order valence-corrected chi connectivity index (χ1v) is 9.87. The van der Waals surface area contributed by atoms with E-state index in [1.807, 2.05) is 37.3 Å². The quantitative estimate of drug-likeness (QED) is 0.591. The van der Waals surface area contributed by atoms with Crippen molar-refractivity contribution < 1.29 is 14.3 Å². The van der Waals surface area contributed by atoms with Gasteiger partial charge in [0.1, 0.15) is 13.2 Å². The normalized spacial score (nSPS) is 15.8. The van der Waals surface area contributed by atoms with E-state index in [1.165, 1.54) is 4.57 Å². The Morgan fingerprint density at radius 2 is 1.94 bits per heavy atom. The van der Waals surface area contributed by atoms with Gasteiger partial charge in [-0.15, -0.1) is 0 Å². The first kappa shape index (κ1) is 20.3. The molecule has 3 aromatic rings. The van der Waals surface area contributed by atoms with Gasteiger partial charge in [-0.3, -0.25) is 19.0 Å². The highest BCUT2D eigenvalue weighted by Gasteiger charge is 2.36. The second-order valence-corrected chi connectivity index (χ2v) is 7.44. The fourth-order valence-electron chi connectivity index (χ4n) is 3.65. The van der Waals surface area contributed by atoms with Gasteiger partial charge >= 0.3 is 5.97 Å². The number of ether oxygens (including phenoxy) is 1. The van der Waals surface area contributed by atoms with E-state index in [4.69, 9.17) is 10.00 Å². The molecule has 0 N–H and O–H groups in total. The number of hydrogen-bond donors (Lipinski definition) is 0. The average molecular weight is 416 g/mol. The molecule has 8 heteroatoms. The van der Waals surface area contributed by atoms with Crippen molar-refractivity contribution in [1.82, 2.24) is 9.55 Å². The Morgan fingerprint density at radius 3 is 2.68 bits per heavy atom. The highest BCUT2D eigenvalue weighted by Crippen LogP contribution is 2.26. The van der Waals surface area contributed by atoms with Gasteiger partial charge in [0, 0.05) is 18.7 Å². The number of hydrogen-bond acceptors (Lipinski definition) is 6. The summed E-state index contributed by atoms with van der Waals surface area (Å²) in [6.45, 7) is 1.74. The van der Waals surface area contributed by atoms with Crippen molar-refractivity contribution >= 4 is 28.5 Å². The molecule has 2 heterocycles. The van der Waals surface area contributed by atoms with E-state index in [1.54, 1.807) is 29.2 Å². The van der Waals surface area contributed by atoms with Crippen LogP contribution in [0.1, 0.15) is 17.8 Å². The molecule has 2 aromatic carbocycles. The Morgan fingerprint density at radius 1 is 1.19 bits per heavy atom. The van der Waals surface area contributed by atoms with Gasteiger partial charge in [-0.1, -0.05) is 29.8 Å². The third-order valence-electron chi connectivity index (χ3n) is 5.32. The van der Waals surface area contributed by atoms with Crippen LogP contribution in [-0.2, 0) is 27.5 Å². The maximum Gasteiger partial charge on any atom is 0.311 e. The SMILES string of the molecule is Cc1ccc(N2C[C@H](C(=O)OCc3nc4ccccc4c(=O)n3CC#N)CC2=O)cc1. The van der Waals surface area contributed by atoms with Gasteiger partial charge in [-0.25, -0.2) is 4.98 Å². The largest absolute Gasteiger partial charge is 0.457 e. The molecule has 156 valence electrons. The zero-order chi connectivity index (χ0) is 22.0. The van der Waals surface area contributed by atoms with Crippen LogP contribution < -0.4 is 10.5 Å². The van der Waals surface area contributed by atoms with Gasteiger partial charge in [0.25, 0.3) is 5.56 Å². The minimum atomic E-state index is -0.606. The third-order valence-corrected chi connectivity index (χ3v) is 5.32. The molecule has 31 heavy (non-hydrogen) atoms. The van der Waals surface area contributed by atoms with E-state index in [0.29, 0.717) is 10.9 Å². The number of amides is 1. The molecule has 8 nitrogen and oxygen atoms in total. The van der Waals surface area contributed by atoms with Crippen LogP contribution in [0.5, 0.6) is 0 Å². The number of benzene rings is 2. The van der Waals surface area contributed by atoms with E-state index in [-0.39, 0.29) is 43.4 Å². The first-order chi connectivity index (χ1) is 15.0. The second-order valence-electron chi connectivity index (χ2n) is 7.44.